The maximum atomic E-state index is 11.4. The van der Waals surface area contributed by atoms with Crippen LogP contribution >= 0.6 is 0 Å². The van der Waals surface area contributed by atoms with Gasteiger partial charge in [-0.25, -0.2) is 8.99 Å². The molecule has 0 aliphatic heterocycles. The van der Waals surface area contributed by atoms with E-state index in [2.05, 4.69) is 13.8 Å². The Morgan fingerprint density at radius 2 is 2.00 bits per heavy atom. The van der Waals surface area contributed by atoms with Gasteiger partial charge in [0, 0.05) is 11.2 Å². The molecule has 0 bridgehead atoms. The molecule has 1 N–H and O–H groups in total. The molecule has 1 unspecified atom stereocenters. The van der Waals surface area contributed by atoms with Crippen LogP contribution in [0.15, 0.2) is 29.2 Å². The van der Waals surface area contributed by atoms with Gasteiger partial charge in [0.05, 0.1) is 9.73 Å². The molecule has 0 aliphatic carbocycles. The van der Waals surface area contributed by atoms with Gasteiger partial charge in [-0.3, -0.25) is 0 Å². The van der Waals surface area contributed by atoms with Gasteiger partial charge in [-0.2, -0.15) is 0 Å². The van der Waals surface area contributed by atoms with Crippen LogP contribution in [0.5, 0.6) is 0 Å². The van der Waals surface area contributed by atoms with E-state index in [0.29, 0.717) is 10.8 Å². The van der Waals surface area contributed by atoms with Crippen LogP contribution in [0.4, 0.5) is 0 Å². The molecule has 0 fully saturated rings. The number of nitrogens with one attached hydrogen (secondary N) is 1. The average Bonchev–Trinajstić information content (AvgIpc) is 2.03. The highest BCUT2D eigenvalue weighted by molar-refractivity contribution is 7.91. The zero-order chi connectivity index (χ0) is 10.1. The molecule has 3 heteroatoms. The van der Waals surface area contributed by atoms with Crippen molar-refractivity contribution in [3.63, 3.8) is 0 Å². The van der Waals surface area contributed by atoms with Gasteiger partial charge in [-0.05, 0) is 23.6 Å². The lowest BCUT2D eigenvalue weighted by molar-refractivity contribution is 0.678. The molecule has 0 amide bonds. The normalized spacial score (nSPS) is 15.7. The van der Waals surface area contributed by atoms with E-state index >= 15 is 0 Å². The molecule has 0 aliphatic rings. The summed E-state index contributed by atoms with van der Waals surface area (Å²) < 4.78 is 18.9. The Labute approximate surface area is 80.0 Å². The van der Waals surface area contributed by atoms with Gasteiger partial charge >= 0.3 is 0 Å². The minimum Gasteiger partial charge on any atom is -0.249 e. The molecule has 72 valence electrons. The van der Waals surface area contributed by atoms with Gasteiger partial charge in [-0.1, -0.05) is 26.0 Å². The Hall–Kier alpha value is -0.830. The zero-order valence-electron chi connectivity index (χ0n) is 8.20. The van der Waals surface area contributed by atoms with Crippen molar-refractivity contribution in [2.24, 2.45) is 0 Å². The van der Waals surface area contributed by atoms with Crippen molar-refractivity contribution >= 4 is 9.73 Å². The van der Waals surface area contributed by atoms with Crippen LogP contribution in [0.1, 0.15) is 25.3 Å². The van der Waals surface area contributed by atoms with Crippen molar-refractivity contribution in [2.45, 2.75) is 24.7 Å². The van der Waals surface area contributed by atoms with Gasteiger partial charge in [0.1, 0.15) is 0 Å². The summed E-state index contributed by atoms with van der Waals surface area (Å²) in [4.78, 5) is 0.624. The summed E-state index contributed by atoms with van der Waals surface area (Å²) in [6.45, 7) is 4.17. The van der Waals surface area contributed by atoms with Crippen molar-refractivity contribution in [2.75, 3.05) is 6.26 Å². The lowest BCUT2D eigenvalue weighted by atomic mass is 10.0. The predicted octanol–water partition coefficient (Wildman–Crippen LogP) is 2.85. The van der Waals surface area contributed by atoms with E-state index in [4.69, 9.17) is 4.78 Å². The summed E-state index contributed by atoms with van der Waals surface area (Å²) in [6.07, 6.45) is 1.45. The maximum absolute atomic E-state index is 11.4. The molecule has 1 aromatic rings. The summed E-state index contributed by atoms with van der Waals surface area (Å²) >= 11 is 0. The average molecular weight is 197 g/mol. The van der Waals surface area contributed by atoms with E-state index in [-0.39, 0.29) is 0 Å². The third-order valence-electron chi connectivity index (χ3n) is 1.97. The van der Waals surface area contributed by atoms with Crippen molar-refractivity contribution < 1.29 is 4.21 Å². The van der Waals surface area contributed by atoms with E-state index in [1.54, 1.807) is 6.07 Å². The molecule has 0 saturated heterocycles. The van der Waals surface area contributed by atoms with Crippen LogP contribution in [-0.4, -0.2) is 10.5 Å². The number of hydrogen-bond acceptors (Lipinski definition) is 2. The van der Waals surface area contributed by atoms with Gasteiger partial charge < -0.3 is 0 Å². The molecule has 0 saturated carbocycles. The van der Waals surface area contributed by atoms with Crippen molar-refractivity contribution in [3.8, 4) is 0 Å². The van der Waals surface area contributed by atoms with Crippen molar-refractivity contribution in [1.82, 2.24) is 0 Å². The molecule has 2 nitrogen and oxygen atoms in total. The highest BCUT2D eigenvalue weighted by Gasteiger charge is 2.05. The van der Waals surface area contributed by atoms with Gasteiger partial charge in [0.2, 0.25) is 0 Å². The standard InChI is InChI=1S/C10H15NOS/c1-8(2)9-5-4-6-10(7-9)13(3,11)12/h4-8,11H,1-3H3. The van der Waals surface area contributed by atoms with E-state index in [9.17, 15) is 4.21 Å². The fraction of sp³-hybridized carbons (Fsp3) is 0.400. The number of hydrogen-bond donors (Lipinski definition) is 1. The third-order valence-corrected chi connectivity index (χ3v) is 3.13. The Balaban J connectivity index is 3.21. The first kappa shape index (κ1) is 10.3. The maximum Gasteiger partial charge on any atom is 0.0696 e. The Bertz CT molecular complexity index is 393. The lowest BCUT2D eigenvalue weighted by Gasteiger charge is -2.07. The summed E-state index contributed by atoms with van der Waals surface area (Å²) in [5.41, 5.74) is 1.14. The fourth-order valence-corrected chi connectivity index (χ4v) is 1.82. The lowest BCUT2D eigenvalue weighted by Crippen LogP contribution is -1.96. The SMILES string of the molecule is CC(C)c1cccc(S(C)(=N)=O)c1. The van der Waals surface area contributed by atoms with E-state index in [1.807, 2.05) is 18.2 Å². The summed E-state index contributed by atoms with van der Waals surface area (Å²) in [5, 5.41) is 0. The minimum absolute atomic E-state index is 0.418. The first-order chi connectivity index (χ1) is 5.91. The fourth-order valence-electron chi connectivity index (χ4n) is 1.12. The van der Waals surface area contributed by atoms with Gasteiger partial charge in [0.15, 0.2) is 0 Å². The molecular weight excluding hydrogens is 182 g/mol. The second-order valence-electron chi connectivity index (χ2n) is 3.57. The van der Waals surface area contributed by atoms with Crippen molar-refractivity contribution in [3.05, 3.63) is 29.8 Å². The molecule has 1 rings (SSSR count). The number of rotatable bonds is 2. The molecule has 1 atom stereocenters. The van der Waals surface area contributed by atoms with Crippen LogP contribution in [-0.2, 0) is 9.73 Å². The highest BCUT2D eigenvalue weighted by Crippen LogP contribution is 2.18. The monoisotopic (exact) mass is 197 g/mol. The molecular formula is C10H15NOS. The molecule has 1 aromatic carbocycles. The van der Waals surface area contributed by atoms with Crippen LogP contribution < -0.4 is 0 Å². The quantitative estimate of drug-likeness (QED) is 0.778. The molecule has 0 heterocycles. The highest BCUT2D eigenvalue weighted by atomic mass is 32.2. The predicted molar refractivity (Wildman–Crippen MR) is 55.6 cm³/mol. The van der Waals surface area contributed by atoms with Crippen LogP contribution in [0, 0.1) is 4.78 Å². The Morgan fingerprint density at radius 1 is 1.38 bits per heavy atom. The van der Waals surface area contributed by atoms with E-state index in [1.165, 1.54) is 6.26 Å². The molecule has 0 aromatic heterocycles. The minimum atomic E-state index is -2.56. The zero-order valence-corrected chi connectivity index (χ0v) is 9.02. The number of benzene rings is 1. The second-order valence-corrected chi connectivity index (χ2v) is 5.73. The van der Waals surface area contributed by atoms with Crippen LogP contribution in [0.3, 0.4) is 0 Å². The van der Waals surface area contributed by atoms with Gasteiger partial charge in [0.25, 0.3) is 0 Å². The molecule has 0 spiro atoms. The van der Waals surface area contributed by atoms with Crippen LogP contribution in [0.25, 0.3) is 0 Å². The summed E-state index contributed by atoms with van der Waals surface area (Å²) in [6, 6.07) is 7.48. The van der Waals surface area contributed by atoms with Gasteiger partial charge in [-0.15, -0.1) is 0 Å². The summed E-state index contributed by atoms with van der Waals surface area (Å²) in [5.74, 6) is 0.418. The van der Waals surface area contributed by atoms with E-state index < -0.39 is 9.73 Å². The Kier molecular flexibility index (Phi) is 2.76. The topological polar surface area (TPSA) is 40.9 Å². The van der Waals surface area contributed by atoms with Crippen LogP contribution in [0.2, 0.25) is 0 Å². The molecule has 13 heavy (non-hydrogen) atoms. The first-order valence-electron chi connectivity index (χ1n) is 4.25. The smallest absolute Gasteiger partial charge is 0.0696 e. The second kappa shape index (κ2) is 3.50. The Morgan fingerprint density at radius 3 is 2.46 bits per heavy atom. The molecule has 0 radical (unpaired) electrons. The third kappa shape index (κ3) is 2.56. The van der Waals surface area contributed by atoms with Crippen molar-refractivity contribution in [1.29, 1.82) is 4.78 Å². The first-order valence-corrected chi connectivity index (χ1v) is 6.21. The largest absolute Gasteiger partial charge is 0.249 e. The van der Waals surface area contributed by atoms with E-state index in [0.717, 1.165) is 5.56 Å². The summed E-state index contributed by atoms with van der Waals surface area (Å²) in [7, 11) is -2.56.